The normalized spacial score (nSPS) is 24.2. The van der Waals surface area contributed by atoms with Crippen LogP contribution in [-0.4, -0.2) is 42.9 Å². The number of nitrogens with zero attached hydrogens (tertiary/aromatic N) is 1. The lowest BCUT2D eigenvalue weighted by Crippen LogP contribution is -2.45. The van der Waals surface area contributed by atoms with Crippen molar-refractivity contribution in [2.75, 3.05) is 26.2 Å². The van der Waals surface area contributed by atoms with E-state index in [1.165, 1.54) is 5.57 Å². The number of primary amides is 1. The number of piperidine rings is 1. The van der Waals surface area contributed by atoms with Gasteiger partial charge in [-0.3, -0.25) is 9.59 Å². The van der Waals surface area contributed by atoms with Gasteiger partial charge in [-0.25, -0.2) is 0 Å². The van der Waals surface area contributed by atoms with Gasteiger partial charge in [0.1, 0.15) is 0 Å². The summed E-state index contributed by atoms with van der Waals surface area (Å²) in [4.78, 5) is 25.1. The lowest BCUT2D eigenvalue weighted by Gasteiger charge is -2.33. The van der Waals surface area contributed by atoms with Crippen LogP contribution in [0.1, 0.15) is 19.8 Å². The van der Waals surface area contributed by atoms with E-state index in [1.807, 2.05) is 6.92 Å². The number of amides is 2. The van der Waals surface area contributed by atoms with Gasteiger partial charge in [0.2, 0.25) is 11.8 Å². The van der Waals surface area contributed by atoms with Crippen LogP contribution in [0.4, 0.5) is 0 Å². The third kappa shape index (κ3) is 2.49. The Labute approximate surface area is 101 Å². The maximum absolute atomic E-state index is 12.2. The summed E-state index contributed by atoms with van der Waals surface area (Å²) < 4.78 is 0. The number of nitrogens with one attached hydrogen (secondary N) is 1. The van der Waals surface area contributed by atoms with Crippen molar-refractivity contribution in [2.45, 2.75) is 19.8 Å². The Morgan fingerprint density at radius 1 is 1.41 bits per heavy atom. The SMILES string of the molecule is CC(C(=O)N1CCCC(C(N)=O)C1)=C1CNC1. The Morgan fingerprint density at radius 3 is 2.65 bits per heavy atom. The third-order valence-electron chi connectivity index (χ3n) is 3.64. The third-order valence-corrected chi connectivity index (χ3v) is 3.64. The van der Waals surface area contributed by atoms with Gasteiger partial charge < -0.3 is 16.0 Å². The molecule has 5 heteroatoms. The van der Waals surface area contributed by atoms with Crippen LogP contribution < -0.4 is 11.1 Å². The van der Waals surface area contributed by atoms with E-state index in [-0.39, 0.29) is 17.7 Å². The Balaban J connectivity index is 2.02. The molecule has 5 nitrogen and oxygen atoms in total. The molecule has 1 atom stereocenters. The number of carbonyl (C=O) groups excluding carboxylic acids is 2. The van der Waals surface area contributed by atoms with Crippen molar-refractivity contribution in [3.05, 3.63) is 11.1 Å². The molecule has 2 fully saturated rings. The van der Waals surface area contributed by atoms with Crippen molar-refractivity contribution in [1.29, 1.82) is 0 Å². The van der Waals surface area contributed by atoms with Crippen molar-refractivity contribution in [3.8, 4) is 0 Å². The van der Waals surface area contributed by atoms with E-state index in [4.69, 9.17) is 5.73 Å². The maximum atomic E-state index is 12.2. The topological polar surface area (TPSA) is 75.4 Å². The zero-order valence-electron chi connectivity index (χ0n) is 10.2. The Hall–Kier alpha value is -1.36. The van der Waals surface area contributed by atoms with Gasteiger partial charge in [-0.05, 0) is 25.3 Å². The van der Waals surface area contributed by atoms with E-state index in [0.717, 1.165) is 38.0 Å². The second-order valence-electron chi connectivity index (χ2n) is 4.82. The summed E-state index contributed by atoms with van der Waals surface area (Å²) in [5.74, 6) is -0.407. The number of rotatable bonds is 2. The highest BCUT2D eigenvalue weighted by Crippen LogP contribution is 2.19. The summed E-state index contributed by atoms with van der Waals surface area (Å²) in [6.45, 7) is 4.70. The first-order chi connectivity index (χ1) is 8.09. The molecule has 2 aliphatic rings. The van der Waals surface area contributed by atoms with E-state index >= 15 is 0 Å². The van der Waals surface area contributed by atoms with Crippen molar-refractivity contribution in [1.82, 2.24) is 10.2 Å². The fourth-order valence-corrected chi connectivity index (χ4v) is 2.30. The molecule has 2 heterocycles. The molecule has 3 N–H and O–H groups in total. The predicted octanol–water partition coefficient (Wildman–Crippen LogP) is -0.370. The number of hydrogen-bond acceptors (Lipinski definition) is 3. The van der Waals surface area contributed by atoms with Crippen LogP contribution in [0, 0.1) is 5.92 Å². The van der Waals surface area contributed by atoms with Crippen molar-refractivity contribution < 1.29 is 9.59 Å². The van der Waals surface area contributed by atoms with E-state index in [0.29, 0.717) is 6.54 Å². The van der Waals surface area contributed by atoms with Crippen LogP contribution in [0.5, 0.6) is 0 Å². The fourth-order valence-electron chi connectivity index (χ4n) is 2.30. The molecule has 2 aliphatic heterocycles. The lowest BCUT2D eigenvalue weighted by molar-refractivity contribution is -0.131. The summed E-state index contributed by atoms with van der Waals surface area (Å²) in [5, 5.41) is 3.12. The van der Waals surface area contributed by atoms with Gasteiger partial charge in [-0.15, -0.1) is 0 Å². The van der Waals surface area contributed by atoms with E-state index in [1.54, 1.807) is 4.90 Å². The van der Waals surface area contributed by atoms with Crippen LogP contribution in [0.15, 0.2) is 11.1 Å². The highest BCUT2D eigenvalue weighted by Gasteiger charge is 2.28. The lowest BCUT2D eigenvalue weighted by atomic mass is 9.96. The number of nitrogens with two attached hydrogens (primary N) is 1. The quantitative estimate of drug-likeness (QED) is 0.643. The van der Waals surface area contributed by atoms with Crippen LogP contribution in [-0.2, 0) is 9.59 Å². The van der Waals surface area contributed by atoms with E-state index in [2.05, 4.69) is 5.32 Å². The minimum atomic E-state index is -0.293. The monoisotopic (exact) mass is 237 g/mol. The van der Waals surface area contributed by atoms with Gasteiger partial charge >= 0.3 is 0 Å². The van der Waals surface area contributed by atoms with Crippen molar-refractivity contribution >= 4 is 11.8 Å². The second kappa shape index (κ2) is 4.87. The predicted molar refractivity (Wildman–Crippen MR) is 64.1 cm³/mol. The van der Waals surface area contributed by atoms with Crippen LogP contribution in [0.25, 0.3) is 0 Å². The average Bonchev–Trinajstić information content (AvgIpc) is 2.25. The molecule has 2 amide bonds. The molecular formula is C12H19N3O2. The molecule has 0 aliphatic carbocycles. The van der Waals surface area contributed by atoms with E-state index in [9.17, 15) is 9.59 Å². The zero-order valence-corrected chi connectivity index (χ0v) is 10.2. The minimum absolute atomic E-state index is 0.0625. The smallest absolute Gasteiger partial charge is 0.249 e. The molecule has 0 aromatic heterocycles. The fraction of sp³-hybridized carbons (Fsp3) is 0.667. The van der Waals surface area contributed by atoms with Crippen molar-refractivity contribution in [2.24, 2.45) is 11.7 Å². The highest BCUT2D eigenvalue weighted by molar-refractivity contribution is 5.94. The first kappa shape index (κ1) is 12.1. The molecule has 2 saturated heterocycles. The highest BCUT2D eigenvalue weighted by atomic mass is 16.2. The summed E-state index contributed by atoms with van der Waals surface area (Å²) in [6.07, 6.45) is 1.66. The molecule has 2 rings (SSSR count). The minimum Gasteiger partial charge on any atom is -0.369 e. The standard InChI is InChI=1S/C12H19N3O2/c1-8(10-5-14-6-10)12(17)15-4-2-3-9(7-15)11(13)16/h9,14H,2-7H2,1H3,(H2,13,16). The van der Waals surface area contributed by atoms with Crippen LogP contribution in [0.2, 0.25) is 0 Å². The average molecular weight is 237 g/mol. The molecule has 0 radical (unpaired) electrons. The number of likely N-dealkylation sites (tertiary alicyclic amines) is 1. The van der Waals surface area contributed by atoms with Crippen molar-refractivity contribution in [3.63, 3.8) is 0 Å². The van der Waals surface area contributed by atoms with Gasteiger partial charge in [-0.1, -0.05) is 0 Å². The van der Waals surface area contributed by atoms with Gasteiger partial charge in [0.05, 0.1) is 5.92 Å². The zero-order chi connectivity index (χ0) is 12.4. The molecule has 0 aromatic carbocycles. The number of carbonyl (C=O) groups is 2. The molecule has 1 unspecified atom stereocenters. The molecule has 0 aromatic rings. The van der Waals surface area contributed by atoms with Crippen LogP contribution >= 0.6 is 0 Å². The van der Waals surface area contributed by atoms with Gasteiger partial charge in [0.15, 0.2) is 0 Å². The Kier molecular flexibility index (Phi) is 3.47. The molecule has 17 heavy (non-hydrogen) atoms. The van der Waals surface area contributed by atoms with Gasteiger partial charge in [-0.2, -0.15) is 0 Å². The Morgan fingerprint density at radius 2 is 2.12 bits per heavy atom. The molecule has 94 valence electrons. The largest absolute Gasteiger partial charge is 0.369 e. The van der Waals surface area contributed by atoms with Crippen LogP contribution in [0.3, 0.4) is 0 Å². The van der Waals surface area contributed by atoms with Gasteiger partial charge in [0.25, 0.3) is 0 Å². The summed E-state index contributed by atoms with van der Waals surface area (Å²) in [6, 6.07) is 0. The van der Waals surface area contributed by atoms with E-state index < -0.39 is 0 Å². The summed E-state index contributed by atoms with van der Waals surface area (Å²) in [7, 11) is 0. The molecular weight excluding hydrogens is 218 g/mol. The Bertz CT molecular complexity index is 370. The summed E-state index contributed by atoms with van der Waals surface area (Å²) >= 11 is 0. The first-order valence-corrected chi connectivity index (χ1v) is 6.07. The second-order valence-corrected chi connectivity index (χ2v) is 4.82. The number of hydrogen-bond donors (Lipinski definition) is 2. The molecule has 0 bridgehead atoms. The summed E-state index contributed by atoms with van der Waals surface area (Å²) in [5.41, 5.74) is 7.31. The first-order valence-electron chi connectivity index (χ1n) is 6.07. The molecule has 0 spiro atoms. The maximum Gasteiger partial charge on any atom is 0.249 e. The van der Waals surface area contributed by atoms with Gasteiger partial charge in [0, 0.05) is 31.8 Å². The molecule has 0 saturated carbocycles.